The van der Waals surface area contributed by atoms with Gasteiger partial charge in [-0.3, -0.25) is 0 Å². The Morgan fingerprint density at radius 3 is 2.50 bits per heavy atom. The average molecular weight is 330 g/mol. The molecule has 0 radical (unpaired) electrons. The summed E-state index contributed by atoms with van der Waals surface area (Å²) >= 11 is 3.41. The number of methoxy groups -OCH3 is 1. The molecule has 0 amide bonds. The largest absolute Gasteiger partial charge is 0.465 e. The molecule has 20 heavy (non-hydrogen) atoms. The van der Waals surface area contributed by atoms with E-state index in [9.17, 15) is 4.79 Å². The Labute approximate surface area is 124 Å². The molecule has 0 aliphatic rings. The lowest BCUT2D eigenvalue weighted by molar-refractivity contribution is 0.0604. The lowest BCUT2D eigenvalue weighted by Crippen LogP contribution is -2.02. The maximum absolute atomic E-state index is 12.1. The van der Waals surface area contributed by atoms with Crippen molar-refractivity contribution in [2.24, 2.45) is 0 Å². The predicted molar refractivity (Wildman–Crippen MR) is 82.8 cm³/mol. The minimum absolute atomic E-state index is 0.333. The highest BCUT2D eigenvalue weighted by Crippen LogP contribution is 2.31. The Bertz CT molecular complexity index is 775. The fraction of sp³-hybridized carbons (Fsp3) is 0.0625. The van der Waals surface area contributed by atoms with Crippen LogP contribution in [0.4, 0.5) is 0 Å². The van der Waals surface area contributed by atoms with E-state index in [-0.39, 0.29) is 5.97 Å². The zero-order chi connectivity index (χ0) is 14.1. The lowest BCUT2D eigenvalue weighted by atomic mass is 10.1. The van der Waals surface area contributed by atoms with Gasteiger partial charge < -0.3 is 9.72 Å². The number of esters is 1. The maximum Gasteiger partial charge on any atom is 0.340 e. The number of carbonyl (C=O) groups is 1. The van der Waals surface area contributed by atoms with Gasteiger partial charge in [-0.05, 0) is 23.8 Å². The first-order valence-electron chi connectivity index (χ1n) is 6.15. The van der Waals surface area contributed by atoms with Crippen LogP contribution in [-0.4, -0.2) is 18.1 Å². The summed E-state index contributed by atoms with van der Waals surface area (Å²) in [5, 5.41) is 0.872. The molecule has 3 nitrogen and oxygen atoms in total. The van der Waals surface area contributed by atoms with Crippen molar-refractivity contribution in [1.29, 1.82) is 0 Å². The van der Waals surface area contributed by atoms with Gasteiger partial charge in [0, 0.05) is 15.4 Å². The van der Waals surface area contributed by atoms with Crippen LogP contribution < -0.4 is 0 Å². The number of ether oxygens (including phenoxy) is 1. The monoisotopic (exact) mass is 329 g/mol. The molecule has 0 atom stereocenters. The number of hydrogen-bond acceptors (Lipinski definition) is 2. The van der Waals surface area contributed by atoms with Crippen molar-refractivity contribution in [1.82, 2.24) is 4.98 Å². The molecule has 0 spiro atoms. The molecule has 1 N–H and O–H groups in total. The van der Waals surface area contributed by atoms with E-state index in [0.29, 0.717) is 5.56 Å². The summed E-state index contributed by atoms with van der Waals surface area (Å²) in [5.41, 5.74) is 3.23. The zero-order valence-corrected chi connectivity index (χ0v) is 12.4. The van der Waals surface area contributed by atoms with Crippen LogP contribution in [0.15, 0.2) is 53.0 Å². The van der Waals surface area contributed by atoms with Crippen molar-refractivity contribution in [3.8, 4) is 11.3 Å². The van der Waals surface area contributed by atoms with Gasteiger partial charge in [0.15, 0.2) is 0 Å². The fourth-order valence-electron chi connectivity index (χ4n) is 2.29. The first-order valence-corrected chi connectivity index (χ1v) is 6.95. The second kappa shape index (κ2) is 5.13. The molecule has 0 saturated heterocycles. The van der Waals surface area contributed by atoms with Crippen LogP contribution in [0.2, 0.25) is 0 Å². The van der Waals surface area contributed by atoms with Gasteiger partial charge >= 0.3 is 5.97 Å². The number of nitrogens with one attached hydrogen (secondary N) is 1. The van der Waals surface area contributed by atoms with Gasteiger partial charge in [-0.2, -0.15) is 0 Å². The number of aromatic nitrogens is 1. The van der Waals surface area contributed by atoms with Gasteiger partial charge in [-0.1, -0.05) is 46.3 Å². The summed E-state index contributed by atoms with van der Waals surface area (Å²) in [6.07, 6.45) is 0. The number of halogens is 1. The van der Waals surface area contributed by atoms with Gasteiger partial charge in [0.25, 0.3) is 0 Å². The van der Waals surface area contributed by atoms with Crippen LogP contribution in [0.3, 0.4) is 0 Å². The second-order valence-corrected chi connectivity index (χ2v) is 5.33. The molecule has 1 aromatic heterocycles. The van der Waals surface area contributed by atoms with Gasteiger partial charge in [-0.15, -0.1) is 0 Å². The SMILES string of the molecule is COC(=O)c1c(-c2ccc(Br)cc2)[nH]c2ccccc12. The molecular weight excluding hydrogens is 318 g/mol. The normalized spacial score (nSPS) is 10.7. The van der Waals surface area contributed by atoms with Gasteiger partial charge in [0.1, 0.15) is 0 Å². The summed E-state index contributed by atoms with van der Waals surface area (Å²) in [4.78, 5) is 15.4. The van der Waals surface area contributed by atoms with Crippen molar-refractivity contribution in [2.45, 2.75) is 0 Å². The Balaban J connectivity index is 2.29. The Morgan fingerprint density at radius 2 is 1.80 bits per heavy atom. The fourth-order valence-corrected chi connectivity index (χ4v) is 2.55. The van der Waals surface area contributed by atoms with Gasteiger partial charge in [0.05, 0.1) is 18.4 Å². The predicted octanol–water partition coefficient (Wildman–Crippen LogP) is 4.38. The summed E-state index contributed by atoms with van der Waals surface area (Å²) < 4.78 is 5.92. The molecule has 4 heteroatoms. The van der Waals surface area contributed by atoms with E-state index < -0.39 is 0 Å². The van der Waals surface area contributed by atoms with Crippen molar-refractivity contribution in [3.05, 3.63) is 58.6 Å². The number of fused-ring (bicyclic) bond motifs is 1. The van der Waals surface area contributed by atoms with E-state index in [0.717, 1.165) is 26.6 Å². The molecule has 1 heterocycles. The molecule has 2 aromatic carbocycles. The van der Waals surface area contributed by atoms with E-state index >= 15 is 0 Å². The standard InChI is InChI=1S/C16H12BrNO2/c1-20-16(19)14-12-4-2-3-5-13(12)18-15(14)10-6-8-11(17)9-7-10/h2-9,18H,1H3. The molecule has 0 unspecified atom stereocenters. The highest BCUT2D eigenvalue weighted by molar-refractivity contribution is 9.10. The number of benzene rings is 2. The number of aromatic amines is 1. The van der Waals surface area contributed by atoms with Crippen LogP contribution in [0.1, 0.15) is 10.4 Å². The van der Waals surface area contributed by atoms with Crippen molar-refractivity contribution >= 4 is 32.8 Å². The maximum atomic E-state index is 12.1. The van der Waals surface area contributed by atoms with E-state index in [2.05, 4.69) is 20.9 Å². The minimum atomic E-state index is -0.333. The summed E-state index contributed by atoms with van der Waals surface area (Å²) in [5.74, 6) is -0.333. The molecule has 3 rings (SSSR count). The quantitative estimate of drug-likeness (QED) is 0.709. The smallest absolute Gasteiger partial charge is 0.340 e. The van der Waals surface area contributed by atoms with Crippen LogP contribution in [0.25, 0.3) is 22.2 Å². The molecular formula is C16H12BrNO2. The van der Waals surface area contributed by atoms with E-state index in [1.165, 1.54) is 7.11 Å². The van der Waals surface area contributed by atoms with Crippen LogP contribution in [0.5, 0.6) is 0 Å². The van der Waals surface area contributed by atoms with Crippen LogP contribution in [-0.2, 0) is 4.74 Å². The highest BCUT2D eigenvalue weighted by atomic mass is 79.9. The van der Waals surface area contributed by atoms with E-state index in [1.807, 2.05) is 48.5 Å². The molecule has 0 aliphatic heterocycles. The van der Waals surface area contributed by atoms with Crippen molar-refractivity contribution in [2.75, 3.05) is 7.11 Å². The Hall–Kier alpha value is -2.07. The summed E-state index contributed by atoms with van der Waals surface area (Å²) in [7, 11) is 1.40. The third-order valence-electron chi connectivity index (χ3n) is 3.23. The number of rotatable bonds is 2. The highest BCUT2D eigenvalue weighted by Gasteiger charge is 2.19. The topological polar surface area (TPSA) is 42.1 Å². The first kappa shape index (κ1) is 12.9. The Morgan fingerprint density at radius 1 is 1.10 bits per heavy atom. The van der Waals surface area contributed by atoms with Crippen LogP contribution >= 0.6 is 15.9 Å². The molecule has 0 bridgehead atoms. The molecule has 3 aromatic rings. The number of para-hydroxylation sites is 1. The number of H-pyrrole nitrogens is 1. The van der Waals surface area contributed by atoms with Crippen molar-refractivity contribution in [3.63, 3.8) is 0 Å². The first-order chi connectivity index (χ1) is 9.70. The van der Waals surface area contributed by atoms with Crippen molar-refractivity contribution < 1.29 is 9.53 Å². The molecule has 0 aliphatic carbocycles. The molecule has 100 valence electrons. The summed E-state index contributed by atoms with van der Waals surface area (Å²) in [6.45, 7) is 0. The van der Waals surface area contributed by atoms with E-state index in [4.69, 9.17) is 4.74 Å². The summed E-state index contributed by atoms with van der Waals surface area (Å²) in [6, 6.07) is 15.5. The van der Waals surface area contributed by atoms with Gasteiger partial charge in [-0.25, -0.2) is 4.79 Å². The van der Waals surface area contributed by atoms with Gasteiger partial charge in [0.2, 0.25) is 0 Å². The van der Waals surface area contributed by atoms with Crippen LogP contribution in [0, 0.1) is 0 Å². The van der Waals surface area contributed by atoms with E-state index in [1.54, 1.807) is 0 Å². The molecule has 0 saturated carbocycles. The zero-order valence-electron chi connectivity index (χ0n) is 10.8. The molecule has 0 fully saturated rings. The average Bonchev–Trinajstić information content (AvgIpc) is 2.86. The number of carbonyl (C=O) groups excluding carboxylic acids is 1. The Kier molecular flexibility index (Phi) is 3.32. The minimum Gasteiger partial charge on any atom is -0.465 e. The third-order valence-corrected chi connectivity index (χ3v) is 3.76. The number of hydrogen-bond donors (Lipinski definition) is 1. The second-order valence-electron chi connectivity index (χ2n) is 4.42. The lowest BCUT2D eigenvalue weighted by Gasteiger charge is -2.03. The third kappa shape index (κ3) is 2.12.